The molecule has 124 valence electrons. The lowest BCUT2D eigenvalue weighted by Gasteiger charge is -2.07. The fourth-order valence-electron chi connectivity index (χ4n) is 2.84. The first-order valence-electron chi connectivity index (χ1n) is 8.00. The molecule has 0 radical (unpaired) electrons. The van der Waals surface area contributed by atoms with E-state index in [1.54, 1.807) is 6.26 Å². The van der Waals surface area contributed by atoms with E-state index >= 15 is 0 Å². The van der Waals surface area contributed by atoms with E-state index in [1.807, 2.05) is 31.2 Å². The molecule has 4 nitrogen and oxygen atoms in total. The highest BCUT2D eigenvalue weighted by atomic mass is 32.2. The van der Waals surface area contributed by atoms with Crippen molar-refractivity contribution in [3.63, 3.8) is 0 Å². The minimum Gasteiger partial charge on any atom is -0.464 e. The van der Waals surface area contributed by atoms with E-state index in [0.717, 1.165) is 33.9 Å². The molecule has 25 heavy (non-hydrogen) atoms. The number of thioether (sulfide) groups is 1. The number of amides is 2. The molecule has 2 aromatic rings. The van der Waals surface area contributed by atoms with Gasteiger partial charge in [-0.05, 0) is 64.7 Å². The van der Waals surface area contributed by atoms with Crippen molar-refractivity contribution in [1.29, 1.82) is 0 Å². The Bertz CT molecular complexity index is 1010. The van der Waals surface area contributed by atoms with Crippen molar-refractivity contribution < 1.29 is 14.0 Å². The molecule has 1 N–H and O–H groups in total. The molecule has 5 heteroatoms. The monoisotopic (exact) mass is 349 g/mol. The van der Waals surface area contributed by atoms with Gasteiger partial charge in [-0.1, -0.05) is 31.2 Å². The van der Waals surface area contributed by atoms with Gasteiger partial charge in [-0.25, -0.2) is 0 Å². The van der Waals surface area contributed by atoms with Crippen LogP contribution in [0.2, 0.25) is 0 Å². The van der Waals surface area contributed by atoms with Gasteiger partial charge < -0.3 is 4.42 Å². The summed E-state index contributed by atoms with van der Waals surface area (Å²) in [4.78, 5) is 23.5. The third-order valence-electron chi connectivity index (χ3n) is 4.16. The Hall–Kier alpha value is -2.79. The minimum absolute atomic E-state index is 0.306. The van der Waals surface area contributed by atoms with Crippen molar-refractivity contribution in [2.24, 2.45) is 0 Å². The third-order valence-corrected chi connectivity index (χ3v) is 5.08. The molecule has 0 saturated carbocycles. The van der Waals surface area contributed by atoms with Gasteiger partial charge in [0.25, 0.3) is 11.1 Å². The molecule has 3 aliphatic rings. The number of hydrogen-bond donors (Lipinski definition) is 1. The number of carbonyl (C=O) groups excluding carboxylic acids is 2. The van der Waals surface area contributed by atoms with Crippen LogP contribution in [0.15, 0.2) is 64.1 Å². The summed E-state index contributed by atoms with van der Waals surface area (Å²) in [5, 5.41) is 2.97. The summed E-state index contributed by atoms with van der Waals surface area (Å²) in [6.07, 6.45) is 2.32. The Morgan fingerprint density at radius 3 is 2.44 bits per heavy atom. The van der Waals surface area contributed by atoms with E-state index in [-0.39, 0.29) is 11.1 Å². The molecule has 1 aromatic carbocycles. The van der Waals surface area contributed by atoms with Crippen LogP contribution >= 0.6 is 11.8 Å². The topological polar surface area (TPSA) is 59.3 Å². The molecule has 1 aliphatic heterocycles. The van der Waals surface area contributed by atoms with Crippen molar-refractivity contribution in [2.75, 3.05) is 0 Å². The lowest BCUT2D eigenvalue weighted by atomic mass is 10.0. The average Bonchev–Trinajstić information content (AvgIpc) is 2.98. The second-order valence-corrected chi connectivity index (χ2v) is 6.74. The van der Waals surface area contributed by atoms with Gasteiger partial charge in [0.2, 0.25) is 0 Å². The molecule has 1 saturated heterocycles. The number of carbonyl (C=O) groups is 2. The second-order valence-electron chi connectivity index (χ2n) is 5.76. The number of furan rings is 1. The fourth-order valence-corrected chi connectivity index (χ4v) is 3.70. The molecule has 0 spiro atoms. The van der Waals surface area contributed by atoms with Gasteiger partial charge >= 0.3 is 0 Å². The van der Waals surface area contributed by atoms with Gasteiger partial charge in [0.05, 0.1) is 11.2 Å². The molecule has 2 heterocycles. The summed E-state index contributed by atoms with van der Waals surface area (Å²) in [6.45, 7) is 1.97. The molecule has 1 aromatic heterocycles. The Labute approximate surface area is 148 Å². The summed E-state index contributed by atoms with van der Waals surface area (Å²) < 4.78 is 5.30. The highest BCUT2D eigenvalue weighted by molar-refractivity contribution is 8.18. The van der Waals surface area contributed by atoms with Gasteiger partial charge in [-0.15, -0.1) is 0 Å². The zero-order chi connectivity index (χ0) is 17.4. The minimum atomic E-state index is -0.310. The van der Waals surface area contributed by atoms with E-state index in [0.29, 0.717) is 11.3 Å². The van der Waals surface area contributed by atoms with Crippen LogP contribution in [0.25, 0.3) is 27.7 Å². The highest BCUT2D eigenvalue weighted by Crippen LogP contribution is 2.35. The summed E-state index contributed by atoms with van der Waals surface area (Å²) >= 11 is 0.965. The Balaban J connectivity index is 0.000000217. The summed E-state index contributed by atoms with van der Waals surface area (Å²) in [5.74, 6) is -0.306. The molecule has 2 aliphatic carbocycles. The largest absolute Gasteiger partial charge is 0.464 e. The summed E-state index contributed by atoms with van der Waals surface area (Å²) in [5.41, 5.74) is 5.49. The first-order valence-corrected chi connectivity index (χ1v) is 8.81. The highest BCUT2D eigenvalue weighted by Gasteiger charge is 2.28. The Kier molecular flexibility index (Phi) is 3.93. The molecule has 1 fully saturated rings. The number of benzene rings is 2. The molecule has 2 amide bonds. The third kappa shape index (κ3) is 3.10. The zero-order valence-electron chi connectivity index (χ0n) is 13.5. The Morgan fingerprint density at radius 1 is 1.08 bits per heavy atom. The van der Waals surface area contributed by atoms with Crippen molar-refractivity contribution in [3.05, 3.63) is 65.3 Å². The van der Waals surface area contributed by atoms with Gasteiger partial charge in [-0.2, -0.15) is 0 Å². The Morgan fingerprint density at radius 2 is 1.88 bits per heavy atom. The van der Waals surface area contributed by atoms with Crippen LogP contribution < -0.4 is 5.32 Å². The standard InChI is InChI=1S/C14H11NO3S.C6H4/c1-2-10(12-13(16)15-14(17)19-12)8-3-4-11-9(7-8)5-6-18-11;1-2-5-4-6(5)3-1/h3-7H,2H2,1H3,(H,15,16,17);1-4H. The van der Waals surface area contributed by atoms with Crippen LogP contribution in [0.3, 0.4) is 0 Å². The lowest BCUT2D eigenvalue weighted by molar-refractivity contribution is -0.115. The molecule has 0 atom stereocenters. The first-order chi connectivity index (χ1) is 12.2. The number of allylic oxidation sites excluding steroid dienone is 1. The van der Waals surface area contributed by atoms with E-state index in [9.17, 15) is 9.59 Å². The maximum atomic E-state index is 11.7. The number of hydrogen-bond acceptors (Lipinski definition) is 4. The quantitative estimate of drug-likeness (QED) is 0.505. The molecular weight excluding hydrogens is 334 g/mol. The number of nitrogens with one attached hydrogen (secondary N) is 1. The molecule has 5 rings (SSSR count). The molecule has 0 bridgehead atoms. The van der Waals surface area contributed by atoms with Crippen molar-refractivity contribution in [3.8, 4) is 11.1 Å². The average molecular weight is 349 g/mol. The van der Waals surface area contributed by atoms with Crippen LogP contribution in [0.4, 0.5) is 4.79 Å². The van der Waals surface area contributed by atoms with E-state index < -0.39 is 0 Å². The zero-order valence-corrected chi connectivity index (χ0v) is 14.4. The van der Waals surface area contributed by atoms with Gasteiger partial charge in [-0.3, -0.25) is 14.9 Å². The SMILES string of the molecule is CCC(=C1SC(=O)NC1=O)c1ccc2occc2c1.c1cc2cc-2c1. The van der Waals surface area contributed by atoms with Gasteiger partial charge in [0, 0.05) is 5.39 Å². The van der Waals surface area contributed by atoms with Gasteiger partial charge in [0.15, 0.2) is 0 Å². The molecule has 0 unspecified atom stereocenters. The van der Waals surface area contributed by atoms with E-state index in [1.165, 1.54) is 11.1 Å². The predicted molar refractivity (Wildman–Crippen MR) is 100.0 cm³/mol. The number of imide groups is 1. The van der Waals surface area contributed by atoms with Gasteiger partial charge in [0.1, 0.15) is 5.58 Å². The first kappa shape index (κ1) is 15.7. The fraction of sp³-hybridized carbons (Fsp3) is 0.100. The van der Waals surface area contributed by atoms with Crippen molar-refractivity contribution in [2.45, 2.75) is 13.3 Å². The van der Waals surface area contributed by atoms with Crippen LogP contribution in [-0.2, 0) is 4.79 Å². The normalized spacial score (nSPS) is 16.4. The maximum Gasteiger partial charge on any atom is 0.290 e. The van der Waals surface area contributed by atoms with Crippen LogP contribution in [0.1, 0.15) is 18.9 Å². The summed E-state index contributed by atoms with van der Waals surface area (Å²) in [6, 6.07) is 16.1. The second kappa shape index (κ2) is 6.26. The number of fused-ring (bicyclic) bond motifs is 2. The van der Waals surface area contributed by atoms with E-state index in [2.05, 4.69) is 29.6 Å². The van der Waals surface area contributed by atoms with Crippen LogP contribution in [0.5, 0.6) is 0 Å². The smallest absolute Gasteiger partial charge is 0.290 e. The maximum absolute atomic E-state index is 11.7. The van der Waals surface area contributed by atoms with E-state index in [4.69, 9.17) is 4.42 Å². The van der Waals surface area contributed by atoms with Crippen LogP contribution in [0, 0.1) is 0 Å². The predicted octanol–water partition coefficient (Wildman–Crippen LogP) is 5.20. The van der Waals surface area contributed by atoms with Crippen molar-refractivity contribution >= 4 is 39.5 Å². The number of rotatable bonds is 2. The van der Waals surface area contributed by atoms with Crippen LogP contribution in [-0.4, -0.2) is 11.1 Å². The van der Waals surface area contributed by atoms with Crippen molar-refractivity contribution in [1.82, 2.24) is 5.32 Å². The lowest BCUT2D eigenvalue weighted by Crippen LogP contribution is -2.18. The summed E-state index contributed by atoms with van der Waals surface area (Å²) in [7, 11) is 0. The molecular formula is C20H15NO3S.